The molecule has 1 aromatic rings. The molecule has 1 aromatic carbocycles. The van der Waals surface area contributed by atoms with Gasteiger partial charge in [-0.05, 0) is 40.1 Å². The van der Waals surface area contributed by atoms with Gasteiger partial charge in [-0.15, -0.1) is 0 Å². The van der Waals surface area contributed by atoms with E-state index < -0.39 is 0 Å². The average Bonchev–Trinajstić information content (AvgIpc) is 2.45. The van der Waals surface area contributed by atoms with Crippen LogP contribution in [0.2, 0.25) is 0 Å². The first-order valence-electron chi connectivity index (χ1n) is 7.62. The Morgan fingerprint density at radius 3 is 2.48 bits per heavy atom. The Balaban J connectivity index is 2.54. The fourth-order valence-corrected chi connectivity index (χ4v) is 3.30. The van der Waals surface area contributed by atoms with E-state index in [0.717, 1.165) is 37.4 Å². The SMILES string of the molecule is CCC1Cc2c(c(OC)cc(CN(C)C)c2OC)CN1C. The number of hydrogen-bond acceptors (Lipinski definition) is 4. The Morgan fingerprint density at radius 1 is 1.24 bits per heavy atom. The molecule has 4 nitrogen and oxygen atoms in total. The summed E-state index contributed by atoms with van der Waals surface area (Å²) in [5.41, 5.74) is 3.82. The fraction of sp³-hybridized carbons (Fsp3) is 0.647. The fourth-order valence-electron chi connectivity index (χ4n) is 3.30. The zero-order chi connectivity index (χ0) is 15.6. The molecule has 4 heteroatoms. The minimum Gasteiger partial charge on any atom is -0.496 e. The van der Waals surface area contributed by atoms with Crippen molar-refractivity contribution >= 4 is 0 Å². The van der Waals surface area contributed by atoms with Gasteiger partial charge in [-0.3, -0.25) is 4.90 Å². The molecule has 0 amide bonds. The van der Waals surface area contributed by atoms with Gasteiger partial charge in [0.1, 0.15) is 11.5 Å². The van der Waals surface area contributed by atoms with Crippen molar-refractivity contribution in [1.82, 2.24) is 9.80 Å². The lowest BCUT2D eigenvalue weighted by Gasteiger charge is -2.35. The molecule has 1 heterocycles. The molecule has 1 atom stereocenters. The molecule has 1 unspecified atom stereocenters. The van der Waals surface area contributed by atoms with E-state index in [0.29, 0.717) is 6.04 Å². The standard InChI is InChI=1S/C17H28N2O2/c1-7-13-9-14-15(11-19(13)4)16(20-5)8-12(10-18(2)3)17(14)21-6/h8,13H,7,9-11H2,1-6H3. The van der Waals surface area contributed by atoms with E-state index in [-0.39, 0.29) is 0 Å². The quantitative estimate of drug-likeness (QED) is 0.832. The van der Waals surface area contributed by atoms with Gasteiger partial charge in [0, 0.05) is 35.8 Å². The van der Waals surface area contributed by atoms with Gasteiger partial charge < -0.3 is 14.4 Å². The summed E-state index contributed by atoms with van der Waals surface area (Å²) in [6.07, 6.45) is 2.18. The second kappa shape index (κ2) is 6.67. The molecular weight excluding hydrogens is 264 g/mol. The van der Waals surface area contributed by atoms with Gasteiger partial charge in [0.15, 0.2) is 0 Å². The molecule has 0 spiro atoms. The monoisotopic (exact) mass is 292 g/mol. The van der Waals surface area contributed by atoms with Gasteiger partial charge >= 0.3 is 0 Å². The topological polar surface area (TPSA) is 24.9 Å². The summed E-state index contributed by atoms with van der Waals surface area (Å²) in [5.74, 6) is 2.04. The summed E-state index contributed by atoms with van der Waals surface area (Å²) in [7, 11) is 9.88. The van der Waals surface area contributed by atoms with E-state index >= 15 is 0 Å². The maximum atomic E-state index is 5.77. The lowest BCUT2D eigenvalue weighted by atomic mass is 9.89. The largest absolute Gasteiger partial charge is 0.496 e. The first-order chi connectivity index (χ1) is 10.0. The van der Waals surface area contributed by atoms with Gasteiger partial charge in [-0.1, -0.05) is 6.92 Å². The van der Waals surface area contributed by atoms with Crippen LogP contribution in [0.1, 0.15) is 30.0 Å². The molecule has 0 radical (unpaired) electrons. The minimum atomic E-state index is 0.575. The summed E-state index contributed by atoms with van der Waals surface area (Å²) >= 11 is 0. The maximum absolute atomic E-state index is 5.77. The number of hydrogen-bond donors (Lipinski definition) is 0. The Hall–Kier alpha value is -1.26. The Kier molecular flexibility index (Phi) is 5.12. The molecule has 1 aliphatic rings. The van der Waals surface area contributed by atoms with E-state index in [2.05, 4.69) is 43.9 Å². The van der Waals surface area contributed by atoms with Crippen LogP contribution in [-0.2, 0) is 19.5 Å². The maximum Gasteiger partial charge on any atom is 0.127 e. The van der Waals surface area contributed by atoms with E-state index in [1.807, 2.05) is 0 Å². The van der Waals surface area contributed by atoms with Crippen LogP contribution in [0.15, 0.2) is 6.07 Å². The van der Waals surface area contributed by atoms with Crippen molar-refractivity contribution in [3.05, 3.63) is 22.8 Å². The van der Waals surface area contributed by atoms with Gasteiger partial charge in [-0.25, -0.2) is 0 Å². The van der Waals surface area contributed by atoms with Crippen LogP contribution in [0.25, 0.3) is 0 Å². The van der Waals surface area contributed by atoms with E-state index in [1.165, 1.54) is 16.7 Å². The third-order valence-electron chi connectivity index (χ3n) is 4.39. The summed E-state index contributed by atoms with van der Waals surface area (Å²) < 4.78 is 11.4. The molecule has 2 rings (SSSR count). The average molecular weight is 292 g/mol. The highest BCUT2D eigenvalue weighted by molar-refractivity contribution is 5.55. The molecule has 0 bridgehead atoms. The molecule has 0 saturated heterocycles. The van der Waals surface area contributed by atoms with Crippen LogP contribution in [0.5, 0.6) is 11.5 Å². The summed E-state index contributed by atoms with van der Waals surface area (Å²) in [6, 6.07) is 2.71. The smallest absolute Gasteiger partial charge is 0.127 e. The molecule has 0 saturated carbocycles. The van der Waals surface area contributed by atoms with E-state index in [9.17, 15) is 0 Å². The van der Waals surface area contributed by atoms with Crippen LogP contribution in [-0.4, -0.2) is 51.2 Å². The highest BCUT2D eigenvalue weighted by atomic mass is 16.5. The van der Waals surface area contributed by atoms with Crippen LogP contribution >= 0.6 is 0 Å². The highest BCUT2D eigenvalue weighted by Gasteiger charge is 2.29. The molecule has 0 aliphatic carbocycles. The second-order valence-electron chi connectivity index (χ2n) is 6.15. The number of likely N-dealkylation sites (N-methyl/N-ethyl adjacent to an activating group) is 1. The lowest BCUT2D eigenvalue weighted by molar-refractivity contribution is 0.203. The van der Waals surface area contributed by atoms with Crippen molar-refractivity contribution in [1.29, 1.82) is 0 Å². The number of rotatable bonds is 5. The normalized spacial score (nSPS) is 18.7. The van der Waals surface area contributed by atoms with Gasteiger partial charge in [0.05, 0.1) is 14.2 Å². The van der Waals surface area contributed by atoms with E-state index in [1.54, 1.807) is 14.2 Å². The lowest BCUT2D eigenvalue weighted by Crippen LogP contribution is -2.37. The van der Waals surface area contributed by atoms with Gasteiger partial charge in [0.25, 0.3) is 0 Å². The van der Waals surface area contributed by atoms with Crippen molar-refractivity contribution in [3.63, 3.8) is 0 Å². The third-order valence-corrected chi connectivity index (χ3v) is 4.39. The predicted molar refractivity (Wildman–Crippen MR) is 86.2 cm³/mol. The number of benzene rings is 1. The van der Waals surface area contributed by atoms with Crippen molar-refractivity contribution < 1.29 is 9.47 Å². The molecule has 0 N–H and O–H groups in total. The predicted octanol–water partition coefficient (Wildman–Crippen LogP) is 2.53. The van der Waals surface area contributed by atoms with Crippen LogP contribution in [0.4, 0.5) is 0 Å². The summed E-state index contributed by atoms with van der Waals surface area (Å²) in [4.78, 5) is 4.58. The van der Waals surface area contributed by atoms with Crippen LogP contribution in [0, 0.1) is 0 Å². The van der Waals surface area contributed by atoms with E-state index in [4.69, 9.17) is 9.47 Å². The molecule has 118 valence electrons. The number of fused-ring (bicyclic) bond motifs is 1. The Bertz CT molecular complexity index is 500. The molecule has 1 aliphatic heterocycles. The third kappa shape index (κ3) is 3.16. The van der Waals surface area contributed by atoms with Crippen LogP contribution < -0.4 is 9.47 Å². The molecule has 0 fully saturated rings. The van der Waals surface area contributed by atoms with Crippen molar-refractivity contribution in [2.24, 2.45) is 0 Å². The number of methoxy groups -OCH3 is 2. The van der Waals surface area contributed by atoms with Crippen molar-refractivity contribution in [3.8, 4) is 11.5 Å². The summed E-state index contributed by atoms with van der Waals surface area (Å²) in [6.45, 7) is 4.04. The Morgan fingerprint density at radius 2 is 1.95 bits per heavy atom. The molecular formula is C17H28N2O2. The van der Waals surface area contributed by atoms with Gasteiger partial charge in [0.2, 0.25) is 0 Å². The molecule has 21 heavy (non-hydrogen) atoms. The van der Waals surface area contributed by atoms with Gasteiger partial charge in [-0.2, -0.15) is 0 Å². The number of nitrogens with zero attached hydrogens (tertiary/aromatic N) is 2. The zero-order valence-corrected chi connectivity index (χ0v) is 14.2. The first kappa shape index (κ1) is 16.1. The minimum absolute atomic E-state index is 0.575. The van der Waals surface area contributed by atoms with Crippen molar-refractivity contribution in [2.75, 3.05) is 35.4 Å². The van der Waals surface area contributed by atoms with Crippen molar-refractivity contribution in [2.45, 2.75) is 38.9 Å². The second-order valence-corrected chi connectivity index (χ2v) is 6.15. The van der Waals surface area contributed by atoms with Crippen LogP contribution in [0.3, 0.4) is 0 Å². The first-order valence-corrected chi connectivity index (χ1v) is 7.62. The number of ether oxygens (including phenoxy) is 2. The Labute approximate surface area is 128 Å². The molecule has 0 aromatic heterocycles. The zero-order valence-electron chi connectivity index (χ0n) is 14.2. The summed E-state index contributed by atoms with van der Waals surface area (Å²) in [5, 5.41) is 0. The highest BCUT2D eigenvalue weighted by Crippen LogP contribution is 2.40.